The summed E-state index contributed by atoms with van der Waals surface area (Å²) in [5, 5.41) is 8.87. The van der Waals surface area contributed by atoms with E-state index in [9.17, 15) is 13.2 Å². The molecule has 1 aromatic carbocycles. The van der Waals surface area contributed by atoms with Crippen molar-refractivity contribution in [2.24, 2.45) is 0 Å². The third-order valence-corrected chi connectivity index (χ3v) is 4.40. The van der Waals surface area contributed by atoms with Gasteiger partial charge in [-0.1, -0.05) is 6.07 Å². The molecule has 0 radical (unpaired) electrons. The Morgan fingerprint density at radius 3 is 2.37 bits per heavy atom. The summed E-state index contributed by atoms with van der Waals surface area (Å²) in [6, 6.07) is 3.08. The smallest absolute Gasteiger partial charge is 0.307 e. The number of rotatable bonds is 5. The highest BCUT2D eigenvalue weighted by Gasteiger charge is 2.25. The van der Waals surface area contributed by atoms with Gasteiger partial charge in [-0.3, -0.25) is 4.79 Å². The number of aliphatic carboxylic acids is 1. The molecule has 6 nitrogen and oxygen atoms in total. The lowest BCUT2D eigenvalue weighted by Gasteiger charge is -2.17. The van der Waals surface area contributed by atoms with Crippen LogP contribution in [0.4, 0.5) is 0 Å². The molecule has 106 valence electrons. The predicted octanol–water partition coefficient (Wildman–Crippen LogP) is 0.881. The molecule has 0 aliphatic rings. The summed E-state index contributed by atoms with van der Waals surface area (Å²) >= 11 is 0. The summed E-state index contributed by atoms with van der Waals surface area (Å²) in [4.78, 5) is 10.8. The summed E-state index contributed by atoms with van der Waals surface area (Å²) in [6.45, 7) is 1.71. The van der Waals surface area contributed by atoms with Crippen LogP contribution < -0.4 is 4.74 Å². The maximum absolute atomic E-state index is 12.2. The second-order valence-corrected chi connectivity index (χ2v) is 6.43. The number of nitrogens with zero attached hydrogens (tertiary/aromatic N) is 1. The van der Waals surface area contributed by atoms with Crippen LogP contribution in [-0.4, -0.2) is 45.0 Å². The molecule has 0 atom stereocenters. The minimum absolute atomic E-state index is 0.0174. The van der Waals surface area contributed by atoms with Crippen molar-refractivity contribution in [1.29, 1.82) is 0 Å². The van der Waals surface area contributed by atoms with Crippen molar-refractivity contribution in [3.63, 3.8) is 0 Å². The zero-order valence-corrected chi connectivity index (χ0v) is 12.1. The van der Waals surface area contributed by atoms with Crippen LogP contribution >= 0.6 is 0 Å². The van der Waals surface area contributed by atoms with E-state index in [-0.39, 0.29) is 17.1 Å². The normalized spacial score (nSPS) is 11.6. The van der Waals surface area contributed by atoms with Gasteiger partial charge < -0.3 is 9.84 Å². The van der Waals surface area contributed by atoms with Gasteiger partial charge in [0.15, 0.2) is 0 Å². The van der Waals surface area contributed by atoms with Crippen LogP contribution in [0, 0.1) is 6.92 Å². The van der Waals surface area contributed by atoms with Gasteiger partial charge in [0.25, 0.3) is 0 Å². The third-order valence-electron chi connectivity index (χ3n) is 2.58. The van der Waals surface area contributed by atoms with Gasteiger partial charge in [0.05, 0.1) is 13.5 Å². The number of carboxylic acids is 1. The van der Waals surface area contributed by atoms with E-state index in [0.717, 1.165) is 4.31 Å². The van der Waals surface area contributed by atoms with Crippen molar-refractivity contribution < 1.29 is 23.1 Å². The van der Waals surface area contributed by atoms with Crippen molar-refractivity contribution in [1.82, 2.24) is 4.31 Å². The van der Waals surface area contributed by atoms with Gasteiger partial charge in [-0.25, -0.2) is 12.7 Å². The Morgan fingerprint density at radius 1 is 1.37 bits per heavy atom. The molecule has 0 bridgehead atoms. The topological polar surface area (TPSA) is 83.9 Å². The molecule has 0 spiro atoms. The van der Waals surface area contributed by atoms with Gasteiger partial charge >= 0.3 is 5.97 Å². The summed E-state index contributed by atoms with van der Waals surface area (Å²) in [5.74, 6) is -0.959. The van der Waals surface area contributed by atoms with Gasteiger partial charge in [-0.2, -0.15) is 0 Å². The van der Waals surface area contributed by atoms with Crippen molar-refractivity contribution in [3.8, 4) is 5.75 Å². The van der Waals surface area contributed by atoms with Gasteiger partial charge in [-0.15, -0.1) is 0 Å². The Kier molecular flexibility index (Phi) is 4.54. The molecule has 0 fully saturated rings. The number of benzene rings is 1. The average Bonchev–Trinajstić information content (AvgIpc) is 2.27. The van der Waals surface area contributed by atoms with Crippen molar-refractivity contribution in [2.45, 2.75) is 18.2 Å². The fourth-order valence-electron chi connectivity index (χ4n) is 1.73. The van der Waals surface area contributed by atoms with Crippen molar-refractivity contribution in [3.05, 3.63) is 23.3 Å². The van der Waals surface area contributed by atoms with Crippen LogP contribution in [-0.2, 0) is 21.2 Å². The molecule has 0 saturated carbocycles. The van der Waals surface area contributed by atoms with E-state index < -0.39 is 16.0 Å². The van der Waals surface area contributed by atoms with Gasteiger partial charge in [-0.05, 0) is 18.6 Å². The Bertz CT molecular complexity index is 592. The average molecular weight is 287 g/mol. The van der Waals surface area contributed by atoms with Crippen molar-refractivity contribution in [2.75, 3.05) is 21.2 Å². The van der Waals surface area contributed by atoms with Gasteiger partial charge in [0.2, 0.25) is 10.0 Å². The number of methoxy groups -OCH3 is 1. The molecular formula is C12H17NO5S. The Balaban J connectivity index is 3.57. The zero-order valence-electron chi connectivity index (χ0n) is 11.3. The summed E-state index contributed by atoms with van der Waals surface area (Å²) < 4.78 is 30.6. The Hall–Kier alpha value is -1.60. The lowest BCUT2D eigenvalue weighted by atomic mass is 10.1. The molecule has 1 N–H and O–H groups in total. The molecule has 1 rings (SSSR count). The van der Waals surface area contributed by atoms with Crippen LogP contribution in [0.15, 0.2) is 17.0 Å². The monoisotopic (exact) mass is 287 g/mol. The van der Waals surface area contributed by atoms with Crippen LogP contribution in [0.3, 0.4) is 0 Å². The van der Waals surface area contributed by atoms with E-state index in [4.69, 9.17) is 9.84 Å². The van der Waals surface area contributed by atoms with Crippen LogP contribution in [0.1, 0.15) is 11.1 Å². The SMILES string of the molecule is COc1c(CC(=O)O)cc(C)cc1S(=O)(=O)N(C)C. The number of carbonyl (C=O) groups is 1. The first-order valence-electron chi connectivity index (χ1n) is 5.52. The molecule has 19 heavy (non-hydrogen) atoms. The molecule has 0 aliphatic carbocycles. The molecule has 0 saturated heterocycles. The fourth-order valence-corrected chi connectivity index (χ4v) is 2.90. The molecule has 0 amide bonds. The number of hydrogen-bond donors (Lipinski definition) is 1. The zero-order chi connectivity index (χ0) is 14.8. The highest BCUT2D eigenvalue weighted by Crippen LogP contribution is 2.31. The lowest BCUT2D eigenvalue weighted by Crippen LogP contribution is -2.23. The van der Waals surface area contributed by atoms with Crippen LogP contribution in [0.2, 0.25) is 0 Å². The minimum atomic E-state index is -3.69. The van der Waals surface area contributed by atoms with E-state index in [1.54, 1.807) is 13.0 Å². The van der Waals surface area contributed by atoms with E-state index >= 15 is 0 Å². The standard InChI is InChI=1S/C12H17NO5S/c1-8-5-9(7-11(14)15)12(18-4)10(6-8)19(16,17)13(2)3/h5-6H,7H2,1-4H3,(H,14,15). The maximum atomic E-state index is 12.2. The third kappa shape index (κ3) is 3.24. The number of ether oxygens (including phenoxy) is 1. The van der Waals surface area contributed by atoms with Gasteiger partial charge in [0.1, 0.15) is 10.6 Å². The largest absolute Gasteiger partial charge is 0.495 e. The quantitative estimate of drug-likeness (QED) is 0.869. The first-order valence-corrected chi connectivity index (χ1v) is 6.96. The second kappa shape index (κ2) is 5.58. The number of sulfonamides is 1. The molecule has 7 heteroatoms. The minimum Gasteiger partial charge on any atom is -0.495 e. The summed E-state index contributed by atoms with van der Waals surface area (Å²) in [5.41, 5.74) is 1.01. The van der Waals surface area contributed by atoms with E-state index in [0.29, 0.717) is 11.1 Å². The maximum Gasteiger partial charge on any atom is 0.307 e. The Labute approximate surface area is 112 Å². The van der Waals surface area contributed by atoms with Gasteiger partial charge in [0, 0.05) is 19.7 Å². The highest BCUT2D eigenvalue weighted by molar-refractivity contribution is 7.89. The predicted molar refractivity (Wildman–Crippen MR) is 69.9 cm³/mol. The second-order valence-electron chi connectivity index (χ2n) is 4.31. The van der Waals surface area contributed by atoms with Crippen molar-refractivity contribution >= 4 is 16.0 Å². The molecule has 1 aromatic rings. The lowest BCUT2D eigenvalue weighted by molar-refractivity contribution is -0.136. The molecule has 0 heterocycles. The molecule has 0 aromatic heterocycles. The first-order chi connectivity index (χ1) is 8.70. The summed E-state index contributed by atoms with van der Waals surface area (Å²) in [7, 11) is 0.460. The van der Waals surface area contributed by atoms with E-state index in [1.807, 2.05) is 0 Å². The van der Waals surface area contributed by atoms with E-state index in [1.165, 1.54) is 27.3 Å². The Morgan fingerprint density at radius 2 is 1.95 bits per heavy atom. The number of hydrogen-bond acceptors (Lipinski definition) is 4. The molecular weight excluding hydrogens is 270 g/mol. The van der Waals surface area contributed by atoms with Crippen LogP contribution in [0.5, 0.6) is 5.75 Å². The summed E-state index contributed by atoms with van der Waals surface area (Å²) in [6.07, 6.45) is -0.291. The fraction of sp³-hybridized carbons (Fsp3) is 0.417. The molecule has 0 aliphatic heterocycles. The first kappa shape index (κ1) is 15.5. The highest BCUT2D eigenvalue weighted by atomic mass is 32.2. The number of carboxylic acid groups (broad SMARTS) is 1. The van der Waals surface area contributed by atoms with Crippen LogP contribution in [0.25, 0.3) is 0 Å². The number of aryl methyl sites for hydroxylation is 1. The van der Waals surface area contributed by atoms with E-state index in [2.05, 4.69) is 0 Å². The molecule has 0 unspecified atom stereocenters.